The van der Waals surface area contributed by atoms with Crippen LogP contribution < -0.4 is 5.32 Å². The summed E-state index contributed by atoms with van der Waals surface area (Å²) in [6.07, 6.45) is 1.77. The molecule has 1 N–H and O–H groups in total. The Morgan fingerprint density at radius 1 is 1.29 bits per heavy atom. The number of rotatable bonds is 6. The molecule has 2 aromatic rings. The van der Waals surface area contributed by atoms with Crippen LogP contribution in [0.4, 0.5) is 4.39 Å². The molecule has 1 heterocycles. The van der Waals surface area contributed by atoms with Gasteiger partial charge < -0.3 is 5.32 Å². The van der Waals surface area contributed by atoms with E-state index in [9.17, 15) is 4.39 Å². The van der Waals surface area contributed by atoms with Crippen LogP contribution in [0.2, 0.25) is 5.02 Å². The van der Waals surface area contributed by atoms with E-state index in [1.807, 2.05) is 0 Å². The van der Waals surface area contributed by atoms with Crippen LogP contribution in [0.1, 0.15) is 40.3 Å². The van der Waals surface area contributed by atoms with Crippen LogP contribution in [-0.4, -0.2) is 6.54 Å². The molecule has 1 aromatic carbocycles. The second-order valence-corrected chi connectivity index (χ2v) is 7.03. The second kappa shape index (κ2) is 7.39. The third-order valence-electron chi connectivity index (χ3n) is 3.60. The average Bonchev–Trinajstić information content (AvgIpc) is 2.78. The van der Waals surface area contributed by atoms with E-state index < -0.39 is 0 Å². The predicted molar refractivity (Wildman–Crippen MR) is 89.9 cm³/mol. The summed E-state index contributed by atoms with van der Waals surface area (Å²) in [6, 6.07) is 6.98. The number of aryl methyl sites for hydroxylation is 2. The molecule has 114 valence electrons. The van der Waals surface area contributed by atoms with Gasteiger partial charge in [-0.3, -0.25) is 0 Å². The van der Waals surface area contributed by atoms with Gasteiger partial charge in [0.1, 0.15) is 5.82 Å². The van der Waals surface area contributed by atoms with Gasteiger partial charge in [0.15, 0.2) is 0 Å². The molecule has 1 unspecified atom stereocenters. The number of halogens is 2. The molecule has 0 aliphatic rings. The van der Waals surface area contributed by atoms with Gasteiger partial charge in [-0.2, -0.15) is 0 Å². The van der Waals surface area contributed by atoms with Crippen LogP contribution in [0.15, 0.2) is 24.3 Å². The summed E-state index contributed by atoms with van der Waals surface area (Å²) in [6.45, 7) is 7.34. The molecule has 0 saturated carbocycles. The lowest BCUT2D eigenvalue weighted by Gasteiger charge is -2.18. The van der Waals surface area contributed by atoms with Crippen molar-refractivity contribution in [3.8, 4) is 0 Å². The SMILES string of the molecule is CCCNC(Cc1cc(F)ccc1Cl)c1cc(C)c(C)s1. The molecular weight excluding hydrogens is 305 g/mol. The molecule has 0 aliphatic heterocycles. The summed E-state index contributed by atoms with van der Waals surface area (Å²) in [7, 11) is 0. The summed E-state index contributed by atoms with van der Waals surface area (Å²) in [5, 5.41) is 4.18. The van der Waals surface area contributed by atoms with Gasteiger partial charge in [-0.1, -0.05) is 18.5 Å². The Morgan fingerprint density at radius 2 is 2.05 bits per heavy atom. The van der Waals surface area contributed by atoms with E-state index in [2.05, 4.69) is 32.2 Å². The maximum atomic E-state index is 13.4. The Morgan fingerprint density at radius 3 is 2.67 bits per heavy atom. The van der Waals surface area contributed by atoms with E-state index in [0.29, 0.717) is 11.4 Å². The highest BCUT2D eigenvalue weighted by Gasteiger charge is 2.16. The molecule has 2 rings (SSSR count). The molecular formula is C17H21ClFNS. The number of hydrogen-bond donors (Lipinski definition) is 1. The molecule has 1 nitrogen and oxygen atoms in total. The van der Waals surface area contributed by atoms with Crippen molar-refractivity contribution in [2.75, 3.05) is 6.54 Å². The van der Waals surface area contributed by atoms with E-state index in [-0.39, 0.29) is 11.9 Å². The maximum absolute atomic E-state index is 13.4. The first-order valence-corrected chi connectivity index (χ1v) is 8.45. The van der Waals surface area contributed by atoms with Crippen LogP contribution in [-0.2, 0) is 6.42 Å². The number of nitrogens with one attached hydrogen (secondary N) is 1. The Kier molecular flexibility index (Phi) is 5.80. The summed E-state index contributed by atoms with van der Waals surface area (Å²) >= 11 is 8.01. The lowest BCUT2D eigenvalue weighted by atomic mass is 10.0. The normalized spacial score (nSPS) is 12.6. The minimum absolute atomic E-state index is 0.182. The van der Waals surface area contributed by atoms with Crippen molar-refractivity contribution in [1.82, 2.24) is 5.32 Å². The first-order valence-electron chi connectivity index (χ1n) is 7.25. The van der Waals surface area contributed by atoms with E-state index in [0.717, 1.165) is 18.5 Å². The van der Waals surface area contributed by atoms with Crippen molar-refractivity contribution >= 4 is 22.9 Å². The zero-order valence-electron chi connectivity index (χ0n) is 12.7. The van der Waals surface area contributed by atoms with Gasteiger partial charge >= 0.3 is 0 Å². The highest BCUT2D eigenvalue weighted by Crippen LogP contribution is 2.30. The minimum atomic E-state index is -0.234. The van der Waals surface area contributed by atoms with Gasteiger partial charge in [0.25, 0.3) is 0 Å². The Balaban J connectivity index is 2.25. The molecule has 4 heteroatoms. The standard InChI is InChI=1S/C17H21ClFNS/c1-4-7-20-16(17-8-11(2)12(3)21-17)10-13-9-14(19)5-6-15(13)18/h5-6,8-9,16,20H,4,7,10H2,1-3H3. The van der Waals surface area contributed by atoms with Gasteiger partial charge in [-0.05, 0) is 68.6 Å². The summed E-state index contributed by atoms with van der Waals surface area (Å²) in [4.78, 5) is 2.62. The topological polar surface area (TPSA) is 12.0 Å². The Bertz CT molecular complexity index is 589. The molecule has 0 saturated heterocycles. The average molecular weight is 326 g/mol. The molecule has 0 fully saturated rings. The molecule has 0 spiro atoms. The quantitative estimate of drug-likeness (QED) is 0.745. The molecule has 1 aromatic heterocycles. The molecule has 21 heavy (non-hydrogen) atoms. The maximum Gasteiger partial charge on any atom is 0.123 e. The van der Waals surface area contributed by atoms with Crippen molar-refractivity contribution in [1.29, 1.82) is 0 Å². The largest absolute Gasteiger partial charge is 0.309 e. The van der Waals surface area contributed by atoms with E-state index in [1.165, 1.54) is 27.5 Å². The summed E-state index contributed by atoms with van der Waals surface area (Å²) in [5.41, 5.74) is 2.16. The van der Waals surface area contributed by atoms with Crippen molar-refractivity contribution in [2.45, 2.75) is 39.7 Å². The smallest absolute Gasteiger partial charge is 0.123 e. The third-order valence-corrected chi connectivity index (χ3v) is 5.24. The van der Waals surface area contributed by atoms with Crippen LogP contribution in [0.25, 0.3) is 0 Å². The van der Waals surface area contributed by atoms with Gasteiger partial charge in [0, 0.05) is 20.8 Å². The van der Waals surface area contributed by atoms with Gasteiger partial charge in [0.05, 0.1) is 0 Å². The molecule has 1 atom stereocenters. The third kappa shape index (κ3) is 4.29. The molecule has 0 radical (unpaired) electrons. The zero-order chi connectivity index (χ0) is 15.4. The lowest BCUT2D eigenvalue weighted by molar-refractivity contribution is 0.534. The zero-order valence-corrected chi connectivity index (χ0v) is 14.2. The highest BCUT2D eigenvalue weighted by molar-refractivity contribution is 7.12. The van der Waals surface area contributed by atoms with Crippen LogP contribution in [0.3, 0.4) is 0 Å². The predicted octanol–water partition coefficient (Wildman–Crippen LogP) is 5.44. The fourth-order valence-corrected chi connectivity index (χ4v) is 3.60. The van der Waals surface area contributed by atoms with Crippen LogP contribution >= 0.6 is 22.9 Å². The van der Waals surface area contributed by atoms with Gasteiger partial charge in [-0.15, -0.1) is 11.3 Å². The summed E-state index contributed by atoms with van der Waals surface area (Å²) in [5.74, 6) is -0.234. The van der Waals surface area contributed by atoms with Crippen LogP contribution in [0.5, 0.6) is 0 Å². The first kappa shape index (κ1) is 16.5. The molecule has 0 aliphatic carbocycles. The van der Waals surface area contributed by atoms with Crippen LogP contribution in [0, 0.1) is 19.7 Å². The number of benzene rings is 1. The van der Waals surface area contributed by atoms with E-state index in [4.69, 9.17) is 11.6 Å². The van der Waals surface area contributed by atoms with Gasteiger partial charge in [-0.25, -0.2) is 4.39 Å². The molecule has 0 bridgehead atoms. The number of hydrogen-bond acceptors (Lipinski definition) is 2. The summed E-state index contributed by atoms with van der Waals surface area (Å²) < 4.78 is 13.4. The fraction of sp³-hybridized carbons (Fsp3) is 0.412. The highest BCUT2D eigenvalue weighted by atomic mass is 35.5. The Hall–Kier alpha value is -0.900. The first-order chi connectivity index (χ1) is 10.0. The lowest BCUT2D eigenvalue weighted by Crippen LogP contribution is -2.23. The fourth-order valence-electron chi connectivity index (χ4n) is 2.29. The van der Waals surface area contributed by atoms with Crippen molar-refractivity contribution in [3.05, 3.63) is 56.0 Å². The van der Waals surface area contributed by atoms with E-state index in [1.54, 1.807) is 17.4 Å². The second-order valence-electron chi connectivity index (χ2n) is 5.33. The van der Waals surface area contributed by atoms with Gasteiger partial charge in [0.2, 0.25) is 0 Å². The van der Waals surface area contributed by atoms with Crippen molar-refractivity contribution in [3.63, 3.8) is 0 Å². The monoisotopic (exact) mass is 325 g/mol. The number of thiophene rings is 1. The molecule has 0 amide bonds. The van der Waals surface area contributed by atoms with Crippen molar-refractivity contribution < 1.29 is 4.39 Å². The Labute approximate surface area is 135 Å². The van der Waals surface area contributed by atoms with E-state index >= 15 is 0 Å². The minimum Gasteiger partial charge on any atom is -0.309 e. The van der Waals surface area contributed by atoms with Crippen molar-refractivity contribution in [2.24, 2.45) is 0 Å².